The van der Waals surface area contributed by atoms with Gasteiger partial charge in [0.1, 0.15) is 0 Å². The minimum absolute atomic E-state index is 0.110. The van der Waals surface area contributed by atoms with Gasteiger partial charge in [-0.05, 0) is 29.7 Å². The van der Waals surface area contributed by atoms with E-state index in [4.69, 9.17) is 5.11 Å². The van der Waals surface area contributed by atoms with Crippen molar-refractivity contribution in [3.8, 4) is 0 Å². The molecule has 3 N–H and O–H groups in total. The van der Waals surface area contributed by atoms with Crippen LogP contribution < -0.4 is 0 Å². The maximum absolute atomic E-state index is 12.4. The smallest absolute Gasteiger partial charge is 0.335 e. The van der Waals surface area contributed by atoms with Crippen molar-refractivity contribution < 1.29 is 24.9 Å². The highest BCUT2D eigenvalue weighted by atomic mass is 16.4. The second kappa shape index (κ2) is 5.75. The molecule has 1 aliphatic carbocycles. The lowest BCUT2D eigenvalue weighted by Gasteiger charge is -2.33. The fourth-order valence-corrected chi connectivity index (χ4v) is 3.94. The number of carboxylic acid groups (broad SMARTS) is 1. The number of carbonyl (C=O) groups is 2. The number of piperidine rings is 1. The van der Waals surface area contributed by atoms with Crippen molar-refractivity contribution in [2.45, 2.75) is 30.5 Å². The van der Waals surface area contributed by atoms with E-state index in [-0.39, 0.29) is 11.8 Å². The van der Waals surface area contributed by atoms with E-state index < -0.39 is 24.1 Å². The van der Waals surface area contributed by atoms with Crippen LogP contribution >= 0.6 is 0 Å². The minimum Gasteiger partial charge on any atom is -0.479 e. The van der Waals surface area contributed by atoms with Crippen molar-refractivity contribution in [1.82, 2.24) is 14.9 Å². The molecule has 1 aromatic heterocycles. The first kappa shape index (κ1) is 15.9. The molecule has 8 heteroatoms. The molecule has 25 heavy (non-hydrogen) atoms. The monoisotopic (exact) mass is 343 g/mol. The summed E-state index contributed by atoms with van der Waals surface area (Å²) in [5, 5.41) is 28.0. The van der Waals surface area contributed by atoms with Crippen molar-refractivity contribution >= 4 is 22.9 Å². The Morgan fingerprint density at radius 1 is 1.00 bits per heavy atom. The summed E-state index contributed by atoms with van der Waals surface area (Å²) >= 11 is 0. The lowest BCUT2D eigenvalue weighted by molar-refractivity contribution is -0.162. The number of hydrogen-bond acceptors (Lipinski definition) is 6. The van der Waals surface area contributed by atoms with E-state index in [0.29, 0.717) is 13.1 Å². The molecule has 4 unspecified atom stereocenters. The Morgan fingerprint density at radius 2 is 1.52 bits per heavy atom. The van der Waals surface area contributed by atoms with E-state index in [1.807, 2.05) is 12.1 Å². The van der Waals surface area contributed by atoms with Crippen LogP contribution in [0.1, 0.15) is 29.4 Å². The van der Waals surface area contributed by atoms with Crippen molar-refractivity contribution in [1.29, 1.82) is 0 Å². The van der Waals surface area contributed by atoms with Crippen molar-refractivity contribution in [2.75, 3.05) is 13.1 Å². The first-order chi connectivity index (χ1) is 12.0. The number of amides is 1. The van der Waals surface area contributed by atoms with Gasteiger partial charge in [0.25, 0.3) is 5.91 Å². The summed E-state index contributed by atoms with van der Waals surface area (Å²) < 4.78 is 0. The number of rotatable bonds is 3. The third-order valence-electron chi connectivity index (χ3n) is 5.12. The maximum atomic E-state index is 12.4. The Bertz CT molecular complexity index is 820. The van der Waals surface area contributed by atoms with Crippen LogP contribution in [0.5, 0.6) is 0 Å². The summed E-state index contributed by atoms with van der Waals surface area (Å²) in [6.07, 6.45) is 0.0865. The molecule has 4 rings (SSSR count). The fourth-order valence-electron chi connectivity index (χ4n) is 3.94. The van der Waals surface area contributed by atoms with Gasteiger partial charge < -0.3 is 20.2 Å². The average Bonchev–Trinajstić information content (AvgIpc) is 2.87. The molecule has 2 aliphatic rings. The molecule has 1 amide bonds. The Balaban J connectivity index is 1.61. The highest BCUT2D eigenvalue weighted by molar-refractivity contribution is 5.88. The van der Waals surface area contributed by atoms with Crippen molar-refractivity contribution in [3.63, 3.8) is 0 Å². The molecule has 1 aliphatic heterocycles. The van der Waals surface area contributed by atoms with Crippen LogP contribution in [0.15, 0.2) is 24.5 Å². The van der Waals surface area contributed by atoms with Crippen LogP contribution in [0.25, 0.3) is 11.0 Å². The summed E-state index contributed by atoms with van der Waals surface area (Å²) in [6.45, 7) is 0.773. The van der Waals surface area contributed by atoms with Crippen LogP contribution in [-0.4, -0.2) is 67.4 Å². The van der Waals surface area contributed by atoms with Gasteiger partial charge in [0.05, 0.1) is 11.0 Å². The SMILES string of the molecule is O=C(O)C(O)C(O)C(=O)N1CC2CC(C1)c1cc3nccnc3cc12. The zero-order valence-corrected chi connectivity index (χ0v) is 13.2. The number of hydrogen-bond donors (Lipinski definition) is 3. The minimum atomic E-state index is -2.12. The molecule has 4 atom stereocenters. The van der Waals surface area contributed by atoms with Gasteiger partial charge in [0.2, 0.25) is 0 Å². The number of likely N-dealkylation sites (tertiary alicyclic amines) is 1. The molecule has 0 spiro atoms. The van der Waals surface area contributed by atoms with Crippen LogP contribution in [-0.2, 0) is 9.59 Å². The molecule has 1 fully saturated rings. The summed E-state index contributed by atoms with van der Waals surface area (Å²) in [7, 11) is 0. The predicted molar refractivity (Wildman–Crippen MR) is 85.9 cm³/mol. The number of aliphatic hydroxyl groups is 2. The lowest BCUT2D eigenvalue weighted by atomic mass is 9.95. The highest BCUT2D eigenvalue weighted by Gasteiger charge is 2.42. The van der Waals surface area contributed by atoms with Gasteiger partial charge >= 0.3 is 5.97 Å². The van der Waals surface area contributed by atoms with E-state index in [1.54, 1.807) is 12.4 Å². The zero-order chi connectivity index (χ0) is 17.7. The number of fused-ring (bicyclic) bond motifs is 6. The number of nitrogens with zero attached hydrogens (tertiary/aromatic N) is 3. The zero-order valence-electron chi connectivity index (χ0n) is 13.2. The maximum Gasteiger partial charge on any atom is 0.335 e. The normalized spacial score (nSPS) is 24.0. The summed E-state index contributed by atoms with van der Waals surface area (Å²) in [6, 6.07) is 4.00. The van der Waals surface area contributed by atoms with Crippen LogP contribution in [0.4, 0.5) is 0 Å². The van der Waals surface area contributed by atoms with Crippen LogP contribution in [0.2, 0.25) is 0 Å². The molecule has 8 nitrogen and oxygen atoms in total. The number of carbonyl (C=O) groups excluding carboxylic acids is 1. The van der Waals surface area contributed by atoms with Gasteiger partial charge in [-0.3, -0.25) is 14.8 Å². The Kier molecular flexibility index (Phi) is 3.66. The molecule has 0 saturated carbocycles. The largest absolute Gasteiger partial charge is 0.479 e. The van der Waals surface area contributed by atoms with E-state index in [2.05, 4.69) is 9.97 Å². The lowest BCUT2D eigenvalue weighted by Crippen LogP contribution is -2.50. The average molecular weight is 343 g/mol. The molecule has 1 saturated heterocycles. The summed E-state index contributed by atoms with van der Waals surface area (Å²) in [5.41, 5.74) is 3.85. The van der Waals surface area contributed by atoms with Gasteiger partial charge in [0.15, 0.2) is 12.2 Å². The molecule has 130 valence electrons. The Hall–Kier alpha value is -2.58. The van der Waals surface area contributed by atoms with Crippen LogP contribution in [0.3, 0.4) is 0 Å². The van der Waals surface area contributed by atoms with Gasteiger partial charge in [-0.15, -0.1) is 0 Å². The van der Waals surface area contributed by atoms with Gasteiger partial charge in [-0.2, -0.15) is 0 Å². The van der Waals surface area contributed by atoms with Crippen LogP contribution in [0, 0.1) is 0 Å². The molecule has 2 bridgehead atoms. The van der Waals surface area contributed by atoms with Gasteiger partial charge in [0, 0.05) is 37.3 Å². The molecule has 0 radical (unpaired) electrons. The quantitative estimate of drug-likeness (QED) is 0.708. The van der Waals surface area contributed by atoms with E-state index >= 15 is 0 Å². The van der Waals surface area contributed by atoms with Crippen molar-refractivity contribution in [2.24, 2.45) is 0 Å². The van der Waals surface area contributed by atoms with E-state index in [0.717, 1.165) is 28.6 Å². The number of benzene rings is 1. The first-order valence-electron chi connectivity index (χ1n) is 8.08. The highest BCUT2D eigenvalue weighted by Crippen LogP contribution is 2.46. The predicted octanol–water partition coefficient (Wildman–Crippen LogP) is -0.151. The van der Waals surface area contributed by atoms with E-state index in [1.165, 1.54) is 4.90 Å². The molecule has 2 heterocycles. The summed E-state index contributed by atoms with van der Waals surface area (Å²) in [5.74, 6) is -2.15. The topological polar surface area (TPSA) is 124 Å². The van der Waals surface area contributed by atoms with Gasteiger partial charge in [-0.1, -0.05) is 0 Å². The standard InChI is InChI=1S/C17H17N3O5/c21-14(15(22)17(24)25)16(23)20-6-8-3-9(7-20)11-5-13-12(4-10(8)11)18-1-2-19-13/h1-2,4-5,8-9,14-15,21-22H,3,6-7H2,(H,24,25). The second-order valence-corrected chi connectivity index (χ2v) is 6.63. The molecule has 1 aromatic carbocycles. The molecular weight excluding hydrogens is 326 g/mol. The number of carboxylic acids is 1. The van der Waals surface area contributed by atoms with Crippen molar-refractivity contribution in [3.05, 3.63) is 35.7 Å². The number of aliphatic carboxylic acids is 1. The summed E-state index contributed by atoms with van der Waals surface area (Å²) in [4.78, 5) is 33.2. The number of aliphatic hydroxyl groups excluding tert-OH is 2. The molecule has 2 aromatic rings. The second-order valence-electron chi connectivity index (χ2n) is 6.63. The van der Waals surface area contributed by atoms with Gasteiger partial charge in [-0.25, -0.2) is 4.79 Å². The number of aromatic nitrogens is 2. The Morgan fingerprint density at radius 3 is 2.00 bits per heavy atom. The third kappa shape index (κ3) is 2.54. The van der Waals surface area contributed by atoms with E-state index in [9.17, 15) is 19.8 Å². The third-order valence-corrected chi connectivity index (χ3v) is 5.12. The fraction of sp³-hybridized carbons (Fsp3) is 0.412. The Labute approximate surface area is 142 Å². The first-order valence-corrected chi connectivity index (χ1v) is 8.08. The molecular formula is C17H17N3O5.